The first-order valence-electron chi connectivity index (χ1n) is 8.01. The van der Waals surface area contributed by atoms with E-state index in [-0.39, 0.29) is 6.04 Å². The van der Waals surface area contributed by atoms with E-state index in [0.717, 1.165) is 47.7 Å². The first kappa shape index (κ1) is 14.6. The van der Waals surface area contributed by atoms with Crippen molar-refractivity contribution < 1.29 is 4.52 Å². The van der Waals surface area contributed by atoms with Crippen molar-refractivity contribution in [3.05, 3.63) is 30.0 Å². The SMILES string of the molecule is Cc1cc(C2CCCN2c2ncnc3c2cnn3CCC#N)no1. The van der Waals surface area contributed by atoms with Crippen LogP contribution in [0.1, 0.15) is 36.8 Å². The molecule has 1 aliphatic rings. The van der Waals surface area contributed by atoms with Gasteiger partial charge < -0.3 is 9.42 Å². The number of hydrogen-bond donors (Lipinski definition) is 0. The van der Waals surface area contributed by atoms with Crippen molar-refractivity contribution in [2.75, 3.05) is 11.4 Å². The Balaban J connectivity index is 1.73. The number of anilines is 1. The summed E-state index contributed by atoms with van der Waals surface area (Å²) in [5.41, 5.74) is 1.70. The molecule has 1 saturated heterocycles. The number of hydrogen-bond acceptors (Lipinski definition) is 7. The Morgan fingerprint density at radius 2 is 2.33 bits per heavy atom. The molecule has 0 aliphatic carbocycles. The van der Waals surface area contributed by atoms with Crippen LogP contribution in [-0.2, 0) is 6.54 Å². The van der Waals surface area contributed by atoms with E-state index in [4.69, 9.17) is 9.78 Å². The molecular weight excluding hydrogens is 306 g/mol. The van der Waals surface area contributed by atoms with Gasteiger partial charge in [-0.25, -0.2) is 14.6 Å². The van der Waals surface area contributed by atoms with Crippen molar-refractivity contribution in [2.45, 2.75) is 38.8 Å². The predicted octanol–water partition coefficient (Wildman–Crippen LogP) is 2.38. The third-order valence-corrected chi connectivity index (χ3v) is 4.36. The fraction of sp³-hybridized carbons (Fsp3) is 0.438. The Labute approximate surface area is 138 Å². The molecule has 0 N–H and O–H groups in total. The maximum Gasteiger partial charge on any atom is 0.163 e. The highest BCUT2D eigenvalue weighted by atomic mass is 16.5. The molecule has 4 rings (SSSR count). The lowest BCUT2D eigenvalue weighted by Gasteiger charge is -2.24. The van der Waals surface area contributed by atoms with E-state index in [0.29, 0.717) is 13.0 Å². The summed E-state index contributed by atoms with van der Waals surface area (Å²) in [6.07, 6.45) is 5.84. The Morgan fingerprint density at radius 1 is 1.42 bits per heavy atom. The Bertz CT molecular complexity index is 907. The van der Waals surface area contributed by atoms with Crippen LogP contribution in [0.2, 0.25) is 0 Å². The van der Waals surface area contributed by atoms with Gasteiger partial charge in [-0.1, -0.05) is 5.16 Å². The summed E-state index contributed by atoms with van der Waals surface area (Å²) in [7, 11) is 0. The van der Waals surface area contributed by atoms with E-state index in [9.17, 15) is 0 Å². The van der Waals surface area contributed by atoms with Gasteiger partial charge >= 0.3 is 0 Å². The predicted molar refractivity (Wildman–Crippen MR) is 86.1 cm³/mol. The fourth-order valence-electron chi connectivity index (χ4n) is 3.30. The van der Waals surface area contributed by atoms with Crippen LogP contribution in [-0.4, -0.2) is 31.4 Å². The Hall–Kier alpha value is -2.95. The van der Waals surface area contributed by atoms with Gasteiger partial charge in [0.1, 0.15) is 23.6 Å². The molecule has 24 heavy (non-hydrogen) atoms. The molecule has 0 amide bonds. The molecule has 1 unspecified atom stereocenters. The number of nitrogens with zero attached hydrogens (tertiary/aromatic N) is 7. The number of aromatic nitrogens is 5. The van der Waals surface area contributed by atoms with Crippen molar-refractivity contribution in [3.63, 3.8) is 0 Å². The fourth-order valence-corrected chi connectivity index (χ4v) is 3.30. The minimum atomic E-state index is 0.156. The van der Waals surface area contributed by atoms with E-state index < -0.39 is 0 Å². The monoisotopic (exact) mass is 323 g/mol. The van der Waals surface area contributed by atoms with E-state index in [1.807, 2.05) is 13.0 Å². The first-order valence-corrected chi connectivity index (χ1v) is 8.01. The smallest absolute Gasteiger partial charge is 0.163 e. The molecule has 1 atom stereocenters. The van der Waals surface area contributed by atoms with E-state index in [1.165, 1.54) is 0 Å². The molecule has 122 valence electrons. The third kappa shape index (κ3) is 2.38. The highest BCUT2D eigenvalue weighted by molar-refractivity contribution is 5.87. The summed E-state index contributed by atoms with van der Waals surface area (Å²) in [6.45, 7) is 3.34. The molecule has 0 bridgehead atoms. The number of rotatable bonds is 4. The zero-order chi connectivity index (χ0) is 16.5. The topological polar surface area (TPSA) is 96.7 Å². The molecule has 0 aromatic carbocycles. The van der Waals surface area contributed by atoms with Crippen LogP contribution >= 0.6 is 0 Å². The van der Waals surface area contributed by atoms with Crippen LogP contribution in [0.4, 0.5) is 5.82 Å². The molecule has 0 spiro atoms. The second-order valence-corrected chi connectivity index (χ2v) is 5.92. The van der Waals surface area contributed by atoms with Crippen molar-refractivity contribution >= 4 is 16.9 Å². The molecule has 8 nitrogen and oxygen atoms in total. The van der Waals surface area contributed by atoms with Crippen molar-refractivity contribution in [1.82, 2.24) is 24.9 Å². The number of aryl methyl sites for hydroxylation is 2. The maximum atomic E-state index is 8.78. The van der Waals surface area contributed by atoms with Gasteiger partial charge in [-0.05, 0) is 19.8 Å². The van der Waals surface area contributed by atoms with Crippen molar-refractivity contribution in [3.8, 4) is 6.07 Å². The molecule has 3 aromatic rings. The van der Waals surface area contributed by atoms with Crippen LogP contribution in [0, 0.1) is 18.3 Å². The van der Waals surface area contributed by atoms with Crippen molar-refractivity contribution in [1.29, 1.82) is 5.26 Å². The van der Waals surface area contributed by atoms with Gasteiger partial charge in [0.05, 0.1) is 36.7 Å². The molecule has 4 heterocycles. The van der Waals surface area contributed by atoms with Crippen molar-refractivity contribution in [2.24, 2.45) is 0 Å². The molecule has 8 heteroatoms. The largest absolute Gasteiger partial charge is 0.361 e. The summed E-state index contributed by atoms with van der Waals surface area (Å²) >= 11 is 0. The lowest BCUT2D eigenvalue weighted by molar-refractivity contribution is 0.385. The molecule has 0 radical (unpaired) electrons. The summed E-state index contributed by atoms with van der Waals surface area (Å²) in [5, 5.41) is 18.2. The zero-order valence-corrected chi connectivity index (χ0v) is 13.4. The van der Waals surface area contributed by atoms with Crippen LogP contribution in [0.3, 0.4) is 0 Å². The van der Waals surface area contributed by atoms with E-state index >= 15 is 0 Å². The van der Waals surface area contributed by atoms with Crippen LogP contribution in [0.5, 0.6) is 0 Å². The standard InChI is InChI=1S/C16H17N7O/c1-11-8-13(21-24-11)14-4-2-6-22(14)15-12-9-20-23(7-3-5-17)16(12)19-10-18-15/h8-10,14H,2-4,6-7H2,1H3. The highest BCUT2D eigenvalue weighted by Gasteiger charge is 2.31. The Kier molecular flexibility index (Phi) is 3.61. The van der Waals surface area contributed by atoms with Gasteiger partial charge in [-0.15, -0.1) is 0 Å². The van der Waals surface area contributed by atoms with E-state index in [1.54, 1.807) is 17.2 Å². The van der Waals surface area contributed by atoms with Crippen LogP contribution in [0.15, 0.2) is 23.1 Å². The summed E-state index contributed by atoms with van der Waals surface area (Å²) < 4.78 is 7.00. The third-order valence-electron chi connectivity index (χ3n) is 4.36. The zero-order valence-electron chi connectivity index (χ0n) is 13.4. The number of fused-ring (bicyclic) bond motifs is 1. The molecule has 1 fully saturated rings. The molecular formula is C16H17N7O. The van der Waals surface area contributed by atoms with Crippen LogP contribution in [0.25, 0.3) is 11.0 Å². The summed E-state index contributed by atoms with van der Waals surface area (Å²) in [6, 6.07) is 4.28. The Morgan fingerprint density at radius 3 is 3.12 bits per heavy atom. The van der Waals surface area contributed by atoms with E-state index in [2.05, 4.69) is 31.2 Å². The van der Waals surface area contributed by atoms with Crippen LogP contribution < -0.4 is 4.90 Å². The average molecular weight is 323 g/mol. The number of nitriles is 1. The lowest BCUT2D eigenvalue weighted by Crippen LogP contribution is -2.24. The average Bonchev–Trinajstić information content (AvgIpc) is 3.31. The van der Waals surface area contributed by atoms with Gasteiger partial charge in [0.25, 0.3) is 0 Å². The maximum absolute atomic E-state index is 8.78. The lowest BCUT2D eigenvalue weighted by atomic mass is 10.1. The second kappa shape index (κ2) is 5.92. The van der Waals surface area contributed by atoms with Gasteiger partial charge in [0, 0.05) is 12.6 Å². The van der Waals surface area contributed by atoms with Gasteiger partial charge in [-0.2, -0.15) is 10.4 Å². The normalized spacial score (nSPS) is 17.5. The molecule has 0 saturated carbocycles. The summed E-state index contributed by atoms with van der Waals surface area (Å²) in [4.78, 5) is 11.1. The molecule has 3 aromatic heterocycles. The van der Waals surface area contributed by atoms with Gasteiger partial charge in [-0.3, -0.25) is 0 Å². The van der Waals surface area contributed by atoms with Gasteiger partial charge in [0.2, 0.25) is 0 Å². The second-order valence-electron chi connectivity index (χ2n) is 5.92. The van der Waals surface area contributed by atoms with Gasteiger partial charge in [0.15, 0.2) is 5.65 Å². The minimum Gasteiger partial charge on any atom is -0.361 e. The minimum absolute atomic E-state index is 0.156. The quantitative estimate of drug-likeness (QED) is 0.727. The molecule has 1 aliphatic heterocycles. The first-order chi connectivity index (χ1) is 11.8. The summed E-state index contributed by atoms with van der Waals surface area (Å²) in [5.74, 6) is 1.68. The highest BCUT2D eigenvalue weighted by Crippen LogP contribution is 2.37.